The van der Waals surface area contributed by atoms with Gasteiger partial charge in [0.25, 0.3) is 5.91 Å². The molecule has 1 aromatic carbocycles. The second-order valence-corrected chi connectivity index (χ2v) is 4.35. The lowest BCUT2D eigenvalue weighted by Crippen LogP contribution is -2.47. The summed E-state index contributed by atoms with van der Waals surface area (Å²) in [5.74, 6) is 5.33. The quantitative estimate of drug-likeness (QED) is 0.753. The van der Waals surface area contributed by atoms with Gasteiger partial charge < -0.3 is 14.9 Å². The van der Waals surface area contributed by atoms with E-state index in [2.05, 4.69) is 10.2 Å². The van der Waals surface area contributed by atoms with Gasteiger partial charge >= 0.3 is 0 Å². The van der Waals surface area contributed by atoms with Crippen molar-refractivity contribution in [3.63, 3.8) is 0 Å². The van der Waals surface area contributed by atoms with Gasteiger partial charge in [-0.2, -0.15) is 0 Å². The fourth-order valence-electron chi connectivity index (χ4n) is 1.45. The molecule has 94 valence electrons. The molecule has 0 unspecified atom stereocenters. The van der Waals surface area contributed by atoms with Crippen molar-refractivity contribution in [3.05, 3.63) is 29.8 Å². The number of nitrogens with two attached hydrogens (primary N) is 1. The molecule has 5 heteroatoms. The summed E-state index contributed by atoms with van der Waals surface area (Å²) in [5, 5.41) is 2.82. The summed E-state index contributed by atoms with van der Waals surface area (Å²) in [5.41, 5.74) is -0.0488. The molecule has 0 saturated heterocycles. The van der Waals surface area contributed by atoms with Crippen molar-refractivity contribution in [1.29, 1.82) is 0 Å². The van der Waals surface area contributed by atoms with E-state index in [0.29, 0.717) is 11.3 Å². The molecule has 0 bridgehead atoms. The molecule has 0 heterocycles. The number of carbonyl (C=O) groups is 1. The highest BCUT2D eigenvalue weighted by molar-refractivity contribution is 5.97. The van der Waals surface area contributed by atoms with E-state index in [1.807, 2.05) is 19.9 Å². The highest BCUT2D eigenvalue weighted by atomic mass is 16.6. The topological polar surface area (TPSA) is 73.6 Å². The van der Waals surface area contributed by atoms with E-state index < -0.39 is 5.54 Å². The van der Waals surface area contributed by atoms with E-state index >= 15 is 0 Å². The van der Waals surface area contributed by atoms with Gasteiger partial charge in [-0.25, -0.2) is 5.90 Å². The normalized spacial score (nSPS) is 11.1. The van der Waals surface area contributed by atoms with Gasteiger partial charge in [0.05, 0.1) is 24.8 Å². The first-order valence-corrected chi connectivity index (χ1v) is 5.27. The molecule has 0 fully saturated rings. The lowest BCUT2D eigenvalue weighted by atomic mass is 10.1. The molecule has 0 spiro atoms. The number of methoxy groups -OCH3 is 1. The van der Waals surface area contributed by atoms with E-state index in [4.69, 9.17) is 10.6 Å². The molecular weight excluding hydrogens is 220 g/mol. The van der Waals surface area contributed by atoms with Crippen molar-refractivity contribution in [2.24, 2.45) is 5.90 Å². The summed E-state index contributed by atoms with van der Waals surface area (Å²) < 4.78 is 5.12. The van der Waals surface area contributed by atoms with Crippen LogP contribution in [0.2, 0.25) is 0 Å². The van der Waals surface area contributed by atoms with Gasteiger partial charge in [0.2, 0.25) is 0 Å². The Labute approximate surface area is 101 Å². The number of hydrogen-bond acceptors (Lipinski definition) is 4. The number of hydrogen-bond donors (Lipinski definition) is 2. The molecule has 17 heavy (non-hydrogen) atoms. The Kier molecular flexibility index (Phi) is 4.48. The first kappa shape index (κ1) is 13.5. The molecule has 1 rings (SSSR count). The van der Waals surface area contributed by atoms with Gasteiger partial charge in [0.15, 0.2) is 0 Å². The average Bonchev–Trinajstić information content (AvgIpc) is 2.28. The zero-order valence-electron chi connectivity index (χ0n) is 10.3. The third kappa shape index (κ3) is 3.72. The van der Waals surface area contributed by atoms with Crippen molar-refractivity contribution in [2.75, 3.05) is 13.7 Å². The van der Waals surface area contributed by atoms with Crippen molar-refractivity contribution < 1.29 is 14.4 Å². The van der Waals surface area contributed by atoms with Crippen molar-refractivity contribution in [2.45, 2.75) is 19.4 Å². The number of ether oxygens (including phenoxy) is 1. The van der Waals surface area contributed by atoms with Crippen molar-refractivity contribution in [3.8, 4) is 5.75 Å². The highest BCUT2D eigenvalue weighted by Crippen LogP contribution is 2.18. The summed E-state index contributed by atoms with van der Waals surface area (Å²) in [6, 6.07) is 7.03. The van der Waals surface area contributed by atoms with Crippen molar-refractivity contribution in [1.82, 2.24) is 5.32 Å². The van der Waals surface area contributed by atoms with Crippen LogP contribution in [-0.2, 0) is 4.84 Å². The third-order valence-electron chi connectivity index (χ3n) is 2.25. The fourth-order valence-corrected chi connectivity index (χ4v) is 1.45. The maximum atomic E-state index is 12.0. The molecule has 1 amide bonds. The van der Waals surface area contributed by atoms with Crippen molar-refractivity contribution >= 4 is 5.91 Å². The number of carbonyl (C=O) groups excluding carboxylic acids is 1. The molecule has 0 aromatic heterocycles. The minimum absolute atomic E-state index is 0.218. The number of rotatable bonds is 5. The number of amides is 1. The summed E-state index contributed by atoms with van der Waals surface area (Å²) in [6.07, 6.45) is 0. The van der Waals surface area contributed by atoms with Gasteiger partial charge in [-0.3, -0.25) is 4.79 Å². The summed E-state index contributed by atoms with van der Waals surface area (Å²) in [6.45, 7) is 3.88. The van der Waals surface area contributed by atoms with Crippen LogP contribution in [0.1, 0.15) is 24.2 Å². The van der Waals surface area contributed by atoms with Crippen LogP contribution in [0.3, 0.4) is 0 Å². The van der Waals surface area contributed by atoms with Crippen LogP contribution in [0.5, 0.6) is 5.75 Å². The van der Waals surface area contributed by atoms with E-state index in [9.17, 15) is 4.79 Å². The monoisotopic (exact) mass is 238 g/mol. The fraction of sp³-hybridized carbons (Fsp3) is 0.417. The van der Waals surface area contributed by atoms with E-state index in [0.717, 1.165) is 0 Å². The number of para-hydroxylation sites is 1. The number of benzene rings is 1. The maximum Gasteiger partial charge on any atom is 0.255 e. The van der Waals surface area contributed by atoms with Gasteiger partial charge in [-0.05, 0) is 26.0 Å². The summed E-state index contributed by atoms with van der Waals surface area (Å²) in [7, 11) is 1.53. The smallest absolute Gasteiger partial charge is 0.255 e. The molecule has 0 radical (unpaired) electrons. The Balaban J connectivity index is 2.83. The Morgan fingerprint density at radius 1 is 1.41 bits per heavy atom. The zero-order chi connectivity index (χ0) is 12.9. The van der Waals surface area contributed by atoms with Gasteiger partial charge in [0, 0.05) is 0 Å². The Hall–Kier alpha value is -1.59. The molecule has 0 aliphatic carbocycles. The lowest BCUT2D eigenvalue weighted by Gasteiger charge is -2.25. The average molecular weight is 238 g/mol. The van der Waals surface area contributed by atoms with E-state index in [1.54, 1.807) is 18.2 Å². The zero-order valence-corrected chi connectivity index (χ0v) is 10.3. The first-order valence-electron chi connectivity index (χ1n) is 5.27. The number of nitrogens with one attached hydrogen (secondary N) is 1. The van der Waals surface area contributed by atoms with Crippen LogP contribution in [0.25, 0.3) is 0 Å². The van der Waals surface area contributed by atoms with Gasteiger partial charge in [-0.15, -0.1) is 0 Å². The van der Waals surface area contributed by atoms with E-state index in [1.165, 1.54) is 7.11 Å². The highest BCUT2D eigenvalue weighted by Gasteiger charge is 2.22. The van der Waals surface area contributed by atoms with E-state index in [-0.39, 0.29) is 12.5 Å². The van der Waals surface area contributed by atoms with Gasteiger partial charge in [0.1, 0.15) is 5.75 Å². The SMILES string of the molecule is COc1ccccc1C(=O)NC(C)(C)CON. The Morgan fingerprint density at radius 2 is 2.06 bits per heavy atom. The first-order chi connectivity index (χ1) is 8.00. The second kappa shape index (κ2) is 5.65. The van der Waals surface area contributed by atoms with Crippen LogP contribution < -0.4 is 16.0 Å². The van der Waals surface area contributed by atoms with Crippen LogP contribution in [0.15, 0.2) is 24.3 Å². The predicted molar refractivity (Wildman–Crippen MR) is 64.7 cm³/mol. The minimum Gasteiger partial charge on any atom is -0.496 e. The summed E-state index contributed by atoms with van der Waals surface area (Å²) in [4.78, 5) is 16.6. The molecule has 0 aliphatic rings. The lowest BCUT2D eigenvalue weighted by molar-refractivity contribution is 0.0686. The minimum atomic E-state index is -0.535. The largest absolute Gasteiger partial charge is 0.496 e. The summed E-state index contributed by atoms with van der Waals surface area (Å²) >= 11 is 0. The molecule has 0 atom stereocenters. The van der Waals surface area contributed by atoms with Gasteiger partial charge in [-0.1, -0.05) is 12.1 Å². The second-order valence-electron chi connectivity index (χ2n) is 4.35. The molecule has 0 aliphatic heterocycles. The molecular formula is C12H18N2O3. The van der Waals surface area contributed by atoms with Crippen LogP contribution >= 0.6 is 0 Å². The molecule has 3 N–H and O–H groups in total. The molecule has 0 saturated carbocycles. The Morgan fingerprint density at radius 3 is 2.65 bits per heavy atom. The van der Waals surface area contributed by atoms with Crippen LogP contribution in [0, 0.1) is 0 Å². The molecule has 1 aromatic rings. The van der Waals surface area contributed by atoms with Crippen LogP contribution in [-0.4, -0.2) is 25.2 Å². The van der Waals surface area contributed by atoms with Crippen LogP contribution in [0.4, 0.5) is 0 Å². The Bertz CT molecular complexity index is 391. The predicted octanol–water partition coefficient (Wildman–Crippen LogP) is 1.09. The standard InChI is InChI=1S/C12H18N2O3/c1-12(2,8-17-13)14-11(15)9-6-4-5-7-10(9)16-3/h4-7H,8,13H2,1-3H3,(H,14,15). The third-order valence-corrected chi connectivity index (χ3v) is 2.25. The maximum absolute atomic E-state index is 12.0. The molecule has 5 nitrogen and oxygen atoms in total.